The van der Waals surface area contributed by atoms with Gasteiger partial charge in [0.05, 0.1) is 25.3 Å². The smallest absolute Gasteiger partial charge is 0.310 e. The zero-order valence-corrected chi connectivity index (χ0v) is 18.9. The summed E-state index contributed by atoms with van der Waals surface area (Å²) in [6.45, 7) is -0.384. The molecule has 0 radical (unpaired) electrons. The molecule has 1 unspecified atom stereocenters. The van der Waals surface area contributed by atoms with Gasteiger partial charge in [-0.2, -0.15) is 5.10 Å². The molecule has 1 atom stereocenters. The number of benzene rings is 3. The first-order valence-electron chi connectivity index (χ1n) is 10.5. The van der Waals surface area contributed by atoms with E-state index in [2.05, 4.69) is 5.10 Å². The molecule has 0 aliphatic carbocycles. The van der Waals surface area contributed by atoms with E-state index in [-0.39, 0.29) is 25.0 Å². The molecular weight excluding hydrogens is 440 g/mol. The molecule has 168 valence electrons. The first-order valence-corrected chi connectivity index (χ1v) is 10.9. The van der Waals surface area contributed by atoms with E-state index in [1.807, 2.05) is 54.6 Å². The molecule has 3 aromatic rings. The maximum atomic E-state index is 13.0. The number of hydrazone groups is 1. The van der Waals surface area contributed by atoms with Crippen molar-refractivity contribution in [3.63, 3.8) is 0 Å². The van der Waals surface area contributed by atoms with E-state index in [4.69, 9.17) is 21.1 Å². The standard InChI is InChI=1S/C26H23ClN2O4/c1-32-22-13-9-20(10-14-22)24-16-23(19-5-3-2-4-6-19)28-29(24)25(30)17-33-26(31)15-18-7-11-21(27)12-8-18/h2-14,24H,15-17H2,1H3. The van der Waals surface area contributed by atoms with E-state index in [9.17, 15) is 9.59 Å². The van der Waals surface area contributed by atoms with Crippen LogP contribution < -0.4 is 4.74 Å². The third-order valence-electron chi connectivity index (χ3n) is 5.39. The van der Waals surface area contributed by atoms with Crippen molar-refractivity contribution >= 4 is 29.2 Å². The fraction of sp³-hybridized carbons (Fsp3) is 0.192. The van der Waals surface area contributed by atoms with E-state index in [1.54, 1.807) is 31.4 Å². The number of methoxy groups -OCH3 is 1. The molecule has 1 aliphatic rings. The summed E-state index contributed by atoms with van der Waals surface area (Å²) in [6.07, 6.45) is 0.617. The molecule has 1 amide bonds. The second-order valence-corrected chi connectivity index (χ2v) is 8.04. The third kappa shape index (κ3) is 5.59. The summed E-state index contributed by atoms with van der Waals surface area (Å²) in [7, 11) is 1.61. The Bertz CT molecular complexity index is 1150. The molecule has 0 bridgehead atoms. The van der Waals surface area contributed by atoms with Gasteiger partial charge in [0.25, 0.3) is 5.91 Å². The van der Waals surface area contributed by atoms with Crippen LogP contribution in [0.25, 0.3) is 0 Å². The number of carbonyl (C=O) groups excluding carboxylic acids is 2. The van der Waals surface area contributed by atoms with Crippen LogP contribution in [-0.4, -0.2) is 36.3 Å². The molecule has 3 aromatic carbocycles. The van der Waals surface area contributed by atoms with Gasteiger partial charge < -0.3 is 9.47 Å². The van der Waals surface area contributed by atoms with Crippen molar-refractivity contribution in [1.29, 1.82) is 0 Å². The maximum Gasteiger partial charge on any atom is 0.310 e. The summed E-state index contributed by atoms with van der Waals surface area (Å²) >= 11 is 5.88. The average Bonchev–Trinajstić information content (AvgIpc) is 3.30. The number of esters is 1. The second kappa shape index (κ2) is 10.3. The predicted molar refractivity (Wildman–Crippen MR) is 126 cm³/mol. The van der Waals surface area contributed by atoms with Gasteiger partial charge in [0.2, 0.25) is 0 Å². The third-order valence-corrected chi connectivity index (χ3v) is 5.64. The number of nitrogens with zero attached hydrogens (tertiary/aromatic N) is 2. The van der Waals surface area contributed by atoms with Crippen molar-refractivity contribution in [3.8, 4) is 5.75 Å². The van der Waals surface area contributed by atoms with Gasteiger partial charge in [-0.05, 0) is 41.0 Å². The molecule has 6 nitrogen and oxygen atoms in total. The second-order valence-electron chi connectivity index (χ2n) is 7.61. The number of amides is 1. The van der Waals surface area contributed by atoms with E-state index in [0.29, 0.717) is 11.4 Å². The Morgan fingerprint density at radius 2 is 1.70 bits per heavy atom. The number of ether oxygens (including phenoxy) is 2. The van der Waals surface area contributed by atoms with Crippen molar-refractivity contribution in [2.24, 2.45) is 5.10 Å². The van der Waals surface area contributed by atoms with Crippen LogP contribution in [-0.2, 0) is 20.7 Å². The SMILES string of the molecule is COc1ccc(C2CC(c3ccccc3)=NN2C(=O)COC(=O)Cc2ccc(Cl)cc2)cc1. The number of hydrogen-bond donors (Lipinski definition) is 0. The lowest BCUT2D eigenvalue weighted by molar-refractivity contribution is -0.152. The zero-order valence-electron chi connectivity index (χ0n) is 18.1. The van der Waals surface area contributed by atoms with Crippen LogP contribution in [0.15, 0.2) is 84.0 Å². The van der Waals surface area contributed by atoms with Crippen LogP contribution in [0.2, 0.25) is 5.02 Å². The topological polar surface area (TPSA) is 68.2 Å². The first kappa shape index (κ1) is 22.6. The minimum atomic E-state index is -0.488. The average molecular weight is 463 g/mol. The summed E-state index contributed by atoms with van der Waals surface area (Å²) in [5.74, 6) is -0.140. The first-order chi connectivity index (χ1) is 16.0. The Kier molecular flexibility index (Phi) is 7.05. The Hall–Kier alpha value is -3.64. The predicted octanol–water partition coefficient (Wildman–Crippen LogP) is 4.81. The molecule has 33 heavy (non-hydrogen) atoms. The minimum Gasteiger partial charge on any atom is -0.497 e. The van der Waals surface area contributed by atoms with Gasteiger partial charge in [-0.15, -0.1) is 0 Å². The summed E-state index contributed by atoms with van der Waals surface area (Å²) in [6, 6.07) is 23.9. The quantitative estimate of drug-likeness (QED) is 0.472. The van der Waals surface area contributed by atoms with Gasteiger partial charge in [-0.3, -0.25) is 9.59 Å². The highest BCUT2D eigenvalue weighted by molar-refractivity contribution is 6.30. The van der Waals surface area contributed by atoms with Gasteiger partial charge >= 0.3 is 5.97 Å². The summed E-state index contributed by atoms with van der Waals surface area (Å²) in [4.78, 5) is 25.3. The van der Waals surface area contributed by atoms with Crippen LogP contribution in [0.5, 0.6) is 5.75 Å². The van der Waals surface area contributed by atoms with Crippen molar-refractivity contribution < 1.29 is 19.1 Å². The highest BCUT2D eigenvalue weighted by atomic mass is 35.5. The fourth-order valence-electron chi connectivity index (χ4n) is 3.66. The van der Waals surface area contributed by atoms with Gasteiger partial charge in [-0.1, -0.05) is 66.2 Å². The Morgan fingerprint density at radius 3 is 2.36 bits per heavy atom. The number of rotatable bonds is 7. The number of halogens is 1. The summed E-state index contributed by atoms with van der Waals surface area (Å²) in [5.41, 5.74) is 3.44. The molecule has 0 spiro atoms. The van der Waals surface area contributed by atoms with Crippen molar-refractivity contribution in [3.05, 3.63) is 101 Å². The molecule has 0 saturated heterocycles. The zero-order chi connectivity index (χ0) is 23.2. The minimum absolute atomic E-state index is 0.0604. The molecule has 1 heterocycles. The highest BCUT2D eigenvalue weighted by Gasteiger charge is 2.33. The largest absolute Gasteiger partial charge is 0.497 e. The number of carbonyl (C=O) groups is 2. The monoisotopic (exact) mass is 462 g/mol. The molecule has 7 heteroatoms. The maximum absolute atomic E-state index is 13.0. The van der Waals surface area contributed by atoms with Gasteiger partial charge in [0.1, 0.15) is 5.75 Å². The van der Waals surface area contributed by atoms with Crippen LogP contribution in [0.1, 0.15) is 29.2 Å². The molecule has 0 saturated carbocycles. The molecule has 4 rings (SSSR count). The molecule has 0 aromatic heterocycles. The van der Waals surface area contributed by atoms with Gasteiger partial charge in [-0.25, -0.2) is 5.01 Å². The number of hydrogen-bond acceptors (Lipinski definition) is 5. The van der Waals surface area contributed by atoms with E-state index in [1.165, 1.54) is 5.01 Å². The van der Waals surface area contributed by atoms with Crippen LogP contribution in [0, 0.1) is 0 Å². The van der Waals surface area contributed by atoms with Crippen molar-refractivity contribution in [2.75, 3.05) is 13.7 Å². The van der Waals surface area contributed by atoms with E-state index in [0.717, 1.165) is 28.2 Å². The van der Waals surface area contributed by atoms with Gasteiger partial charge in [0, 0.05) is 11.4 Å². The summed E-state index contributed by atoms with van der Waals surface area (Å²) < 4.78 is 10.5. The van der Waals surface area contributed by atoms with Crippen molar-refractivity contribution in [1.82, 2.24) is 5.01 Å². The Morgan fingerprint density at radius 1 is 1.00 bits per heavy atom. The molecule has 0 N–H and O–H groups in total. The Labute approximate surface area is 197 Å². The van der Waals surface area contributed by atoms with E-state index >= 15 is 0 Å². The van der Waals surface area contributed by atoms with Crippen LogP contribution in [0.4, 0.5) is 0 Å². The molecule has 0 fully saturated rings. The lowest BCUT2D eigenvalue weighted by atomic mass is 9.98. The van der Waals surface area contributed by atoms with Crippen LogP contribution >= 0.6 is 11.6 Å². The Balaban J connectivity index is 1.48. The lowest BCUT2D eigenvalue weighted by Gasteiger charge is -2.22. The highest BCUT2D eigenvalue weighted by Crippen LogP contribution is 2.33. The van der Waals surface area contributed by atoms with E-state index < -0.39 is 5.97 Å². The normalized spacial score (nSPS) is 15.2. The molecule has 1 aliphatic heterocycles. The van der Waals surface area contributed by atoms with Crippen molar-refractivity contribution in [2.45, 2.75) is 18.9 Å². The fourth-order valence-corrected chi connectivity index (χ4v) is 3.79. The summed E-state index contributed by atoms with van der Waals surface area (Å²) in [5, 5.41) is 6.60. The lowest BCUT2D eigenvalue weighted by Crippen LogP contribution is -2.31. The molecular formula is C26H23ClN2O4. The van der Waals surface area contributed by atoms with Crippen LogP contribution in [0.3, 0.4) is 0 Å². The van der Waals surface area contributed by atoms with Gasteiger partial charge in [0.15, 0.2) is 6.61 Å².